The lowest BCUT2D eigenvalue weighted by Crippen LogP contribution is -2.17. The van der Waals surface area contributed by atoms with Gasteiger partial charge in [0, 0.05) is 10.7 Å². The first kappa shape index (κ1) is 17.7. The third-order valence-electron chi connectivity index (χ3n) is 3.50. The minimum atomic E-state index is -3.76. The van der Waals surface area contributed by atoms with Gasteiger partial charge in [0.2, 0.25) is 0 Å². The predicted molar refractivity (Wildman–Crippen MR) is 96.4 cm³/mol. The number of hydrogen-bond acceptors (Lipinski definition) is 4. The molecule has 128 valence electrons. The maximum atomic E-state index is 12.4. The quantitative estimate of drug-likeness (QED) is 0.616. The summed E-state index contributed by atoms with van der Waals surface area (Å²) in [5.74, 6) is -1.37. The van der Waals surface area contributed by atoms with E-state index >= 15 is 0 Å². The number of carbonyl (C=O) groups is 1. The van der Waals surface area contributed by atoms with Crippen molar-refractivity contribution in [2.24, 2.45) is 0 Å². The topological polar surface area (TPSA) is 69.0 Å². The van der Waals surface area contributed by atoms with Crippen LogP contribution in [0, 0.1) is 0 Å². The van der Waals surface area contributed by atoms with Crippen molar-refractivity contribution in [2.45, 2.75) is 4.90 Å². The number of halogens is 2. The number of sulfone groups is 1. The third-order valence-corrected chi connectivity index (χ3v) is 5.75. The lowest BCUT2D eigenvalue weighted by molar-refractivity contribution is 0.101. The largest absolute Gasteiger partial charge is 0.291 e. The molecule has 0 aliphatic heterocycles. The molecule has 0 spiro atoms. The summed E-state index contributed by atoms with van der Waals surface area (Å²) in [4.78, 5) is 16.4. The van der Waals surface area contributed by atoms with E-state index in [9.17, 15) is 13.2 Å². The van der Waals surface area contributed by atoms with Gasteiger partial charge in [0.15, 0.2) is 15.6 Å². The highest BCUT2D eigenvalue weighted by atomic mass is 35.5. The van der Waals surface area contributed by atoms with Gasteiger partial charge in [-0.1, -0.05) is 41.4 Å². The number of carbonyl (C=O) groups excluding carboxylic acids is 1. The molecular formula is C17H12Cl2N2O3S. The molecule has 0 aliphatic carbocycles. The standard InChI is InChI=1S/C17H12Cl2N2O3S/c18-12-6-8-13(9-7-12)21-11-20-16(17(21)19)15(22)10-25(23,24)14-4-2-1-3-5-14/h1-9,11H,10H2. The zero-order chi connectivity index (χ0) is 18.0. The van der Waals surface area contributed by atoms with Crippen molar-refractivity contribution in [1.82, 2.24) is 9.55 Å². The molecular weight excluding hydrogens is 383 g/mol. The first-order valence-electron chi connectivity index (χ1n) is 7.18. The van der Waals surface area contributed by atoms with Gasteiger partial charge in [-0.2, -0.15) is 0 Å². The molecule has 0 fully saturated rings. The van der Waals surface area contributed by atoms with E-state index in [-0.39, 0.29) is 15.7 Å². The normalized spacial score (nSPS) is 11.4. The second kappa shape index (κ2) is 7.00. The van der Waals surface area contributed by atoms with Crippen LogP contribution in [-0.2, 0) is 9.84 Å². The maximum absolute atomic E-state index is 12.4. The van der Waals surface area contributed by atoms with Gasteiger partial charge in [-0.15, -0.1) is 0 Å². The minimum absolute atomic E-state index is 0.0515. The molecule has 8 heteroatoms. The number of aromatic nitrogens is 2. The lowest BCUT2D eigenvalue weighted by Gasteiger charge is -2.05. The van der Waals surface area contributed by atoms with Gasteiger partial charge in [-0.3, -0.25) is 9.36 Å². The van der Waals surface area contributed by atoms with Crippen molar-refractivity contribution in [3.63, 3.8) is 0 Å². The van der Waals surface area contributed by atoms with Crippen LogP contribution >= 0.6 is 23.2 Å². The van der Waals surface area contributed by atoms with E-state index in [1.54, 1.807) is 42.5 Å². The summed E-state index contributed by atoms with van der Waals surface area (Å²) in [7, 11) is -3.76. The number of Topliss-reactive ketones (excluding diaryl/α,β-unsaturated/α-hetero) is 1. The Kier molecular flexibility index (Phi) is 4.94. The summed E-state index contributed by atoms with van der Waals surface area (Å²) in [5.41, 5.74) is 0.572. The Bertz CT molecular complexity index is 1010. The monoisotopic (exact) mass is 394 g/mol. The average molecular weight is 395 g/mol. The molecule has 1 heterocycles. The van der Waals surface area contributed by atoms with Crippen LogP contribution in [0.5, 0.6) is 0 Å². The van der Waals surface area contributed by atoms with Gasteiger partial charge < -0.3 is 0 Å². The predicted octanol–water partition coefficient (Wildman–Crippen LogP) is 3.84. The van der Waals surface area contributed by atoms with E-state index in [0.717, 1.165) is 0 Å². The fourth-order valence-corrected chi connectivity index (χ4v) is 3.90. The molecule has 0 bridgehead atoms. The van der Waals surface area contributed by atoms with Crippen LogP contribution in [-0.4, -0.2) is 29.5 Å². The number of ketones is 1. The van der Waals surface area contributed by atoms with Crippen molar-refractivity contribution in [3.8, 4) is 5.69 Å². The second-order valence-electron chi connectivity index (χ2n) is 5.23. The van der Waals surface area contributed by atoms with Gasteiger partial charge in [0.05, 0.1) is 4.90 Å². The van der Waals surface area contributed by atoms with Crippen molar-refractivity contribution in [3.05, 3.63) is 76.8 Å². The Hall–Kier alpha value is -2.15. The molecule has 0 atom stereocenters. The third kappa shape index (κ3) is 3.76. The molecule has 0 unspecified atom stereocenters. The Balaban J connectivity index is 1.88. The first-order chi connectivity index (χ1) is 11.9. The van der Waals surface area contributed by atoms with E-state index in [4.69, 9.17) is 23.2 Å². The number of hydrogen-bond donors (Lipinski definition) is 0. The second-order valence-corrected chi connectivity index (χ2v) is 8.01. The zero-order valence-electron chi connectivity index (χ0n) is 12.8. The fraction of sp³-hybridized carbons (Fsp3) is 0.0588. The summed E-state index contributed by atoms with van der Waals surface area (Å²) >= 11 is 12.1. The van der Waals surface area contributed by atoms with Crippen molar-refractivity contribution >= 4 is 38.8 Å². The molecule has 0 radical (unpaired) electrons. The van der Waals surface area contributed by atoms with Gasteiger partial charge in [-0.05, 0) is 36.4 Å². The Labute approximate surface area is 154 Å². The van der Waals surface area contributed by atoms with Crippen LogP contribution in [0.1, 0.15) is 10.5 Å². The first-order valence-corrected chi connectivity index (χ1v) is 9.59. The highest BCUT2D eigenvalue weighted by Gasteiger charge is 2.24. The Morgan fingerprint density at radius 2 is 1.64 bits per heavy atom. The molecule has 2 aromatic carbocycles. The van der Waals surface area contributed by atoms with Gasteiger partial charge >= 0.3 is 0 Å². The molecule has 0 aliphatic rings. The van der Waals surface area contributed by atoms with Crippen LogP contribution < -0.4 is 0 Å². The van der Waals surface area contributed by atoms with Crippen molar-refractivity contribution in [2.75, 3.05) is 5.75 Å². The van der Waals surface area contributed by atoms with Crippen molar-refractivity contribution < 1.29 is 13.2 Å². The average Bonchev–Trinajstić information content (AvgIpc) is 2.98. The molecule has 0 saturated heterocycles. The summed E-state index contributed by atoms with van der Waals surface area (Å²) in [6.45, 7) is 0. The van der Waals surface area contributed by atoms with E-state index < -0.39 is 21.4 Å². The number of nitrogens with zero attached hydrogens (tertiary/aromatic N) is 2. The van der Waals surface area contributed by atoms with E-state index in [1.165, 1.54) is 23.0 Å². The molecule has 0 N–H and O–H groups in total. The van der Waals surface area contributed by atoms with Crippen LogP contribution in [0.25, 0.3) is 5.69 Å². The SMILES string of the molecule is O=C(CS(=O)(=O)c1ccccc1)c1ncn(-c2ccc(Cl)cc2)c1Cl. The highest BCUT2D eigenvalue weighted by Crippen LogP contribution is 2.23. The number of imidazole rings is 1. The molecule has 0 amide bonds. The zero-order valence-corrected chi connectivity index (χ0v) is 15.1. The molecule has 5 nitrogen and oxygen atoms in total. The summed E-state index contributed by atoms with van der Waals surface area (Å²) in [6.07, 6.45) is 1.37. The van der Waals surface area contributed by atoms with Gasteiger partial charge in [0.1, 0.15) is 22.9 Å². The Morgan fingerprint density at radius 3 is 2.28 bits per heavy atom. The minimum Gasteiger partial charge on any atom is -0.291 e. The molecule has 25 heavy (non-hydrogen) atoms. The summed E-state index contributed by atoms with van der Waals surface area (Å²) < 4.78 is 26.1. The van der Waals surface area contributed by atoms with E-state index in [2.05, 4.69) is 4.98 Å². The molecule has 3 rings (SSSR count). The molecule has 0 saturated carbocycles. The Morgan fingerprint density at radius 1 is 1.00 bits per heavy atom. The van der Waals surface area contributed by atoms with Gasteiger partial charge in [0.25, 0.3) is 0 Å². The van der Waals surface area contributed by atoms with E-state index in [0.29, 0.717) is 10.7 Å². The molecule has 1 aromatic heterocycles. The van der Waals surface area contributed by atoms with Crippen LogP contribution in [0.2, 0.25) is 10.2 Å². The van der Waals surface area contributed by atoms with Gasteiger partial charge in [-0.25, -0.2) is 13.4 Å². The smallest absolute Gasteiger partial charge is 0.199 e. The molecule has 3 aromatic rings. The lowest BCUT2D eigenvalue weighted by atomic mass is 10.3. The number of benzene rings is 2. The van der Waals surface area contributed by atoms with Crippen LogP contribution in [0.3, 0.4) is 0 Å². The van der Waals surface area contributed by atoms with Crippen molar-refractivity contribution in [1.29, 1.82) is 0 Å². The van der Waals surface area contributed by atoms with Crippen LogP contribution in [0.4, 0.5) is 0 Å². The highest BCUT2D eigenvalue weighted by molar-refractivity contribution is 7.92. The number of rotatable bonds is 5. The van der Waals surface area contributed by atoms with E-state index in [1.807, 2.05) is 0 Å². The summed E-state index contributed by atoms with van der Waals surface area (Å²) in [5, 5.41) is 0.612. The van der Waals surface area contributed by atoms with Crippen LogP contribution in [0.15, 0.2) is 65.8 Å². The fourth-order valence-electron chi connectivity index (χ4n) is 2.25. The summed E-state index contributed by atoms with van der Waals surface area (Å²) in [6, 6.07) is 14.6. The maximum Gasteiger partial charge on any atom is 0.199 e.